The minimum Gasteiger partial charge on any atom is -0.508 e. The molecule has 22 heavy (non-hydrogen) atoms. The van der Waals surface area contributed by atoms with E-state index in [0.717, 1.165) is 18.4 Å². The largest absolute Gasteiger partial charge is 0.508 e. The number of rotatable bonds is 7. The maximum Gasteiger partial charge on any atom is 0.224 e. The Bertz CT molecular complexity index is 510. The van der Waals surface area contributed by atoms with Crippen molar-refractivity contribution >= 4 is 11.8 Å². The number of aromatic hydroxyl groups is 1. The van der Waals surface area contributed by atoms with E-state index in [1.807, 2.05) is 0 Å². The Kier molecular flexibility index (Phi) is 6.25. The van der Waals surface area contributed by atoms with Gasteiger partial charge in [-0.1, -0.05) is 25.0 Å². The molecule has 0 saturated heterocycles. The molecule has 5 heteroatoms. The van der Waals surface area contributed by atoms with Crippen LogP contribution >= 0.6 is 0 Å². The van der Waals surface area contributed by atoms with E-state index in [1.165, 1.54) is 12.8 Å². The number of hydrogen-bond donors (Lipinski definition) is 3. The van der Waals surface area contributed by atoms with E-state index in [4.69, 9.17) is 0 Å². The Hall–Kier alpha value is -2.04. The standard InChI is InChI=1S/C17H24N2O3/c20-15-7-3-6-14(10-15)12-17(22)19-9-8-18-16(21)11-13-4-1-2-5-13/h3,6-7,10,13,20H,1-2,4-5,8-9,11-12H2,(H,18,21)(H,19,22). The van der Waals surface area contributed by atoms with Gasteiger partial charge in [0.2, 0.25) is 11.8 Å². The Morgan fingerprint density at radius 3 is 2.45 bits per heavy atom. The van der Waals surface area contributed by atoms with Crippen molar-refractivity contribution in [3.8, 4) is 5.75 Å². The average Bonchev–Trinajstić information content (AvgIpc) is 2.96. The van der Waals surface area contributed by atoms with E-state index in [9.17, 15) is 14.7 Å². The lowest BCUT2D eigenvalue weighted by Gasteiger charge is -2.10. The number of nitrogens with one attached hydrogen (secondary N) is 2. The summed E-state index contributed by atoms with van der Waals surface area (Å²) in [5, 5.41) is 14.9. The van der Waals surface area contributed by atoms with Gasteiger partial charge in [0.05, 0.1) is 6.42 Å². The fourth-order valence-corrected chi connectivity index (χ4v) is 2.87. The minimum absolute atomic E-state index is 0.0779. The highest BCUT2D eigenvalue weighted by atomic mass is 16.3. The Balaban J connectivity index is 1.57. The topological polar surface area (TPSA) is 78.4 Å². The summed E-state index contributed by atoms with van der Waals surface area (Å²) in [5.74, 6) is 0.662. The summed E-state index contributed by atoms with van der Waals surface area (Å²) < 4.78 is 0. The molecule has 1 saturated carbocycles. The van der Waals surface area contributed by atoms with Gasteiger partial charge >= 0.3 is 0 Å². The van der Waals surface area contributed by atoms with E-state index >= 15 is 0 Å². The first-order valence-electron chi connectivity index (χ1n) is 7.95. The van der Waals surface area contributed by atoms with Crippen LogP contribution in [0.2, 0.25) is 0 Å². The molecule has 1 aliphatic rings. The first-order chi connectivity index (χ1) is 10.6. The van der Waals surface area contributed by atoms with Crippen LogP contribution in [0.3, 0.4) is 0 Å². The Morgan fingerprint density at radius 1 is 1.09 bits per heavy atom. The predicted molar refractivity (Wildman–Crippen MR) is 84.4 cm³/mol. The zero-order valence-corrected chi connectivity index (χ0v) is 12.8. The fraction of sp³-hybridized carbons (Fsp3) is 0.529. The van der Waals surface area contributed by atoms with Crippen molar-refractivity contribution in [3.05, 3.63) is 29.8 Å². The van der Waals surface area contributed by atoms with Gasteiger partial charge < -0.3 is 15.7 Å². The molecule has 0 heterocycles. The summed E-state index contributed by atoms with van der Waals surface area (Å²) in [4.78, 5) is 23.5. The van der Waals surface area contributed by atoms with Crippen LogP contribution in [-0.4, -0.2) is 30.0 Å². The second-order valence-electron chi connectivity index (χ2n) is 5.90. The summed E-state index contributed by atoms with van der Waals surface area (Å²) in [6.45, 7) is 0.880. The van der Waals surface area contributed by atoms with E-state index in [0.29, 0.717) is 25.4 Å². The molecule has 0 spiro atoms. The van der Waals surface area contributed by atoms with Crippen molar-refractivity contribution < 1.29 is 14.7 Å². The molecule has 0 unspecified atom stereocenters. The highest BCUT2D eigenvalue weighted by molar-refractivity contribution is 5.79. The molecule has 0 aliphatic heterocycles. The van der Waals surface area contributed by atoms with Gasteiger partial charge in [-0.3, -0.25) is 9.59 Å². The first-order valence-corrected chi connectivity index (χ1v) is 7.95. The number of benzene rings is 1. The summed E-state index contributed by atoms with van der Waals surface area (Å²) in [5.41, 5.74) is 0.766. The van der Waals surface area contributed by atoms with Crippen LogP contribution in [-0.2, 0) is 16.0 Å². The van der Waals surface area contributed by atoms with E-state index in [2.05, 4.69) is 10.6 Å². The maximum atomic E-state index is 11.7. The summed E-state index contributed by atoms with van der Waals surface area (Å²) >= 11 is 0. The molecule has 0 radical (unpaired) electrons. The van der Waals surface area contributed by atoms with E-state index < -0.39 is 0 Å². The SMILES string of the molecule is O=C(Cc1cccc(O)c1)NCCNC(=O)CC1CCCC1. The van der Waals surface area contributed by atoms with Crippen LogP contribution in [0, 0.1) is 5.92 Å². The monoisotopic (exact) mass is 304 g/mol. The fourth-order valence-electron chi connectivity index (χ4n) is 2.87. The lowest BCUT2D eigenvalue weighted by atomic mass is 10.0. The second-order valence-corrected chi connectivity index (χ2v) is 5.90. The molecule has 1 aromatic rings. The lowest BCUT2D eigenvalue weighted by Crippen LogP contribution is -2.35. The zero-order valence-electron chi connectivity index (χ0n) is 12.8. The van der Waals surface area contributed by atoms with Gasteiger partial charge in [0.1, 0.15) is 5.75 Å². The molecule has 0 bridgehead atoms. The molecule has 120 valence electrons. The second kappa shape index (κ2) is 8.41. The predicted octanol–water partition coefficient (Wildman–Crippen LogP) is 1.75. The zero-order chi connectivity index (χ0) is 15.8. The molecule has 3 N–H and O–H groups in total. The van der Waals surface area contributed by atoms with Gasteiger partial charge in [-0.2, -0.15) is 0 Å². The molecular formula is C17H24N2O3. The van der Waals surface area contributed by atoms with Gasteiger partial charge in [0.25, 0.3) is 0 Å². The van der Waals surface area contributed by atoms with Crippen LogP contribution in [0.25, 0.3) is 0 Å². The normalized spacial score (nSPS) is 14.7. The number of amides is 2. The quantitative estimate of drug-likeness (QED) is 0.672. The summed E-state index contributed by atoms with van der Waals surface area (Å²) in [6, 6.07) is 6.65. The molecule has 0 aromatic heterocycles. The van der Waals surface area contributed by atoms with Crippen LogP contribution in [0.15, 0.2) is 24.3 Å². The van der Waals surface area contributed by atoms with Crippen LogP contribution < -0.4 is 10.6 Å². The molecule has 2 rings (SSSR count). The molecule has 5 nitrogen and oxygen atoms in total. The van der Waals surface area contributed by atoms with Crippen molar-refractivity contribution in [2.75, 3.05) is 13.1 Å². The van der Waals surface area contributed by atoms with Crippen LogP contribution in [0.4, 0.5) is 0 Å². The van der Waals surface area contributed by atoms with Crippen molar-refractivity contribution in [1.82, 2.24) is 10.6 Å². The Morgan fingerprint density at radius 2 is 1.77 bits per heavy atom. The third-order valence-corrected chi connectivity index (χ3v) is 3.99. The van der Waals surface area contributed by atoms with Crippen LogP contribution in [0.5, 0.6) is 5.75 Å². The van der Waals surface area contributed by atoms with Gasteiger partial charge in [0.15, 0.2) is 0 Å². The smallest absolute Gasteiger partial charge is 0.224 e. The summed E-state index contributed by atoms with van der Waals surface area (Å²) in [6.07, 6.45) is 5.63. The number of carbonyl (C=O) groups excluding carboxylic acids is 2. The highest BCUT2D eigenvalue weighted by Gasteiger charge is 2.17. The van der Waals surface area contributed by atoms with E-state index in [-0.39, 0.29) is 24.0 Å². The van der Waals surface area contributed by atoms with Gasteiger partial charge in [0, 0.05) is 19.5 Å². The maximum absolute atomic E-state index is 11.7. The van der Waals surface area contributed by atoms with Crippen molar-refractivity contribution in [3.63, 3.8) is 0 Å². The minimum atomic E-state index is -0.115. The van der Waals surface area contributed by atoms with Gasteiger partial charge in [-0.25, -0.2) is 0 Å². The average molecular weight is 304 g/mol. The molecule has 1 fully saturated rings. The number of carbonyl (C=O) groups is 2. The number of hydrogen-bond acceptors (Lipinski definition) is 3. The van der Waals surface area contributed by atoms with Crippen molar-refractivity contribution in [1.29, 1.82) is 0 Å². The number of phenols is 1. The molecular weight excluding hydrogens is 280 g/mol. The number of phenolic OH excluding ortho intramolecular Hbond substituents is 1. The Labute approximate surface area is 131 Å². The van der Waals surface area contributed by atoms with Crippen LogP contribution in [0.1, 0.15) is 37.7 Å². The van der Waals surface area contributed by atoms with Crippen molar-refractivity contribution in [2.45, 2.75) is 38.5 Å². The van der Waals surface area contributed by atoms with Gasteiger partial charge in [-0.05, 0) is 36.5 Å². The van der Waals surface area contributed by atoms with E-state index in [1.54, 1.807) is 24.3 Å². The van der Waals surface area contributed by atoms with Crippen molar-refractivity contribution in [2.24, 2.45) is 5.92 Å². The van der Waals surface area contributed by atoms with Gasteiger partial charge in [-0.15, -0.1) is 0 Å². The molecule has 1 aromatic carbocycles. The molecule has 2 amide bonds. The third-order valence-electron chi connectivity index (χ3n) is 3.99. The molecule has 1 aliphatic carbocycles. The first kappa shape index (κ1) is 16.3. The highest BCUT2D eigenvalue weighted by Crippen LogP contribution is 2.27. The third kappa shape index (κ3) is 5.76. The summed E-state index contributed by atoms with van der Waals surface area (Å²) in [7, 11) is 0. The lowest BCUT2D eigenvalue weighted by molar-refractivity contribution is -0.123. The molecule has 0 atom stereocenters.